The molecule has 0 bridgehead atoms. The van der Waals surface area contributed by atoms with E-state index < -0.39 is 0 Å². The highest BCUT2D eigenvalue weighted by molar-refractivity contribution is 7.99. The van der Waals surface area contributed by atoms with Crippen LogP contribution in [0, 0.1) is 6.92 Å². The lowest BCUT2D eigenvalue weighted by molar-refractivity contribution is -0.119. The van der Waals surface area contributed by atoms with E-state index in [4.69, 9.17) is 0 Å². The molecule has 1 amide bonds. The minimum Gasteiger partial charge on any atom is -0.351 e. The van der Waals surface area contributed by atoms with Crippen molar-refractivity contribution in [3.8, 4) is 11.4 Å². The standard InChI is InChI=1S/C17H24N4OS/c1-6-21-15(13-10-8-7-9-12(13)2)19-20-16(21)23-11-14(22)18-17(3,4)5/h7-10H,6,11H2,1-5H3,(H,18,22). The van der Waals surface area contributed by atoms with E-state index in [2.05, 4.69) is 40.0 Å². The normalized spacial score (nSPS) is 11.5. The summed E-state index contributed by atoms with van der Waals surface area (Å²) in [6, 6.07) is 8.12. The fourth-order valence-electron chi connectivity index (χ4n) is 2.29. The maximum absolute atomic E-state index is 12.0. The van der Waals surface area contributed by atoms with Gasteiger partial charge in [0, 0.05) is 17.6 Å². The summed E-state index contributed by atoms with van der Waals surface area (Å²) in [5.74, 6) is 1.19. The van der Waals surface area contributed by atoms with Gasteiger partial charge in [-0.05, 0) is 40.2 Å². The van der Waals surface area contributed by atoms with Crippen molar-refractivity contribution in [2.75, 3.05) is 5.75 Å². The van der Waals surface area contributed by atoms with Gasteiger partial charge in [0.1, 0.15) is 0 Å². The minimum atomic E-state index is -0.220. The number of nitrogens with one attached hydrogen (secondary N) is 1. The fraction of sp³-hybridized carbons (Fsp3) is 0.471. The molecule has 6 heteroatoms. The first kappa shape index (κ1) is 17.5. The zero-order valence-electron chi connectivity index (χ0n) is 14.4. The van der Waals surface area contributed by atoms with E-state index in [1.54, 1.807) is 0 Å². The number of nitrogens with zero attached hydrogens (tertiary/aromatic N) is 3. The molecular formula is C17H24N4OS. The Bertz CT molecular complexity index is 688. The number of thioether (sulfide) groups is 1. The Labute approximate surface area is 141 Å². The number of rotatable bonds is 5. The SMILES string of the molecule is CCn1c(SCC(=O)NC(C)(C)C)nnc1-c1ccccc1C. The third-order valence-corrected chi connectivity index (χ3v) is 4.23. The second kappa shape index (κ2) is 7.17. The van der Waals surface area contributed by atoms with Gasteiger partial charge in [0.05, 0.1) is 5.75 Å². The number of aromatic nitrogens is 3. The van der Waals surface area contributed by atoms with E-state index in [1.807, 2.05) is 39.0 Å². The summed E-state index contributed by atoms with van der Waals surface area (Å²) < 4.78 is 2.05. The maximum Gasteiger partial charge on any atom is 0.230 e. The topological polar surface area (TPSA) is 59.8 Å². The van der Waals surface area contributed by atoms with Gasteiger partial charge < -0.3 is 9.88 Å². The molecule has 1 heterocycles. The largest absolute Gasteiger partial charge is 0.351 e. The van der Waals surface area contributed by atoms with E-state index in [9.17, 15) is 4.79 Å². The van der Waals surface area contributed by atoms with Crippen LogP contribution in [0.2, 0.25) is 0 Å². The van der Waals surface area contributed by atoms with Crippen molar-refractivity contribution in [1.82, 2.24) is 20.1 Å². The lowest BCUT2D eigenvalue weighted by Gasteiger charge is -2.20. The molecule has 1 aromatic heterocycles. The van der Waals surface area contributed by atoms with Crippen LogP contribution in [0.3, 0.4) is 0 Å². The quantitative estimate of drug-likeness (QED) is 0.854. The van der Waals surface area contributed by atoms with Gasteiger partial charge in [-0.2, -0.15) is 0 Å². The predicted molar refractivity (Wildman–Crippen MR) is 94.5 cm³/mol. The van der Waals surface area contributed by atoms with Crippen LogP contribution in [0.25, 0.3) is 11.4 Å². The molecule has 0 aliphatic heterocycles. The Morgan fingerprint density at radius 1 is 1.26 bits per heavy atom. The molecule has 0 aliphatic carbocycles. The molecule has 23 heavy (non-hydrogen) atoms. The molecule has 5 nitrogen and oxygen atoms in total. The van der Waals surface area contributed by atoms with Crippen LogP contribution < -0.4 is 5.32 Å². The van der Waals surface area contributed by atoms with E-state index >= 15 is 0 Å². The molecule has 2 aromatic rings. The van der Waals surface area contributed by atoms with Crippen LogP contribution in [-0.4, -0.2) is 32.0 Å². The number of carbonyl (C=O) groups is 1. The maximum atomic E-state index is 12.0. The summed E-state index contributed by atoms with van der Waals surface area (Å²) >= 11 is 1.42. The second-order valence-corrected chi connectivity index (χ2v) is 7.39. The first-order valence-corrected chi connectivity index (χ1v) is 8.73. The van der Waals surface area contributed by atoms with Crippen LogP contribution >= 0.6 is 11.8 Å². The second-order valence-electron chi connectivity index (χ2n) is 6.45. The predicted octanol–water partition coefficient (Wildman–Crippen LogP) is 3.28. The zero-order valence-corrected chi connectivity index (χ0v) is 15.2. The number of aryl methyl sites for hydroxylation is 1. The van der Waals surface area contributed by atoms with Gasteiger partial charge in [0.15, 0.2) is 11.0 Å². The Morgan fingerprint density at radius 3 is 2.57 bits per heavy atom. The molecule has 124 valence electrons. The third kappa shape index (κ3) is 4.58. The van der Waals surface area contributed by atoms with Gasteiger partial charge in [0.2, 0.25) is 5.91 Å². The van der Waals surface area contributed by atoms with Crippen molar-refractivity contribution >= 4 is 17.7 Å². The molecule has 0 unspecified atom stereocenters. The van der Waals surface area contributed by atoms with Crippen molar-refractivity contribution in [1.29, 1.82) is 0 Å². The van der Waals surface area contributed by atoms with Crippen molar-refractivity contribution in [2.24, 2.45) is 0 Å². The van der Waals surface area contributed by atoms with Crippen molar-refractivity contribution in [2.45, 2.75) is 51.9 Å². The van der Waals surface area contributed by atoms with Crippen LogP contribution in [0.4, 0.5) is 0 Å². The molecule has 0 spiro atoms. The van der Waals surface area contributed by atoms with Crippen LogP contribution in [0.1, 0.15) is 33.3 Å². The molecule has 1 N–H and O–H groups in total. The number of hydrogen-bond donors (Lipinski definition) is 1. The summed E-state index contributed by atoms with van der Waals surface area (Å²) in [5, 5.41) is 12.3. The van der Waals surface area contributed by atoms with Gasteiger partial charge >= 0.3 is 0 Å². The molecule has 0 radical (unpaired) electrons. The van der Waals surface area contributed by atoms with E-state index in [0.717, 1.165) is 28.7 Å². The zero-order chi connectivity index (χ0) is 17.0. The van der Waals surface area contributed by atoms with Crippen LogP contribution in [-0.2, 0) is 11.3 Å². The molecule has 1 aromatic carbocycles. The molecule has 0 saturated carbocycles. The van der Waals surface area contributed by atoms with Gasteiger partial charge in [0.25, 0.3) is 0 Å². The summed E-state index contributed by atoms with van der Waals surface area (Å²) in [6.45, 7) is 10.8. The monoisotopic (exact) mass is 332 g/mol. The number of benzene rings is 1. The molecular weight excluding hydrogens is 308 g/mol. The van der Waals surface area contributed by atoms with E-state index in [-0.39, 0.29) is 11.4 Å². The molecule has 0 aliphatic rings. The van der Waals surface area contributed by atoms with E-state index in [0.29, 0.717) is 5.75 Å². The Hall–Kier alpha value is -1.82. The number of amides is 1. The highest BCUT2D eigenvalue weighted by atomic mass is 32.2. The molecule has 2 rings (SSSR count). The molecule has 0 fully saturated rings. The van der Waals surface area contributed by atoms with Gasteiger partial charge in [-0.25, -0.2) is 0 Å². The van der Waals surface area contributed by atoms with E-state index in [1.165, 1.54) is 11.8 Å². The minimum absolute atomic E-state index is 0.00518. The Kier molecular flexibility index (Phi) is 5.46. The summed E-state index contributed by atoms with van der Waals surface area (Å²) in [6.07, 6.45) is 0. The smallest absolute Gasteiger partial charge is 0.230 e. The molecule has 0 saturated heterocycles. The summed E-state index contributed by atoms with van der Waals surface area (Å²) in [5.41, 5.74) is 2.02. The first-order chi connectivity index (χ1) is 10.8. The molecule has 0 atom stereocenters. The van der Waals surface area contributed by atoms with Crippen LogP contribution in [0.15, 0.2) is 29.4 Å². The van der Waals surface area contributed by atoms with Crippen LogP contribution in [0.5, 0.6) is 0 Å². The number of carbonyl (C=O) groups excluding carboxylic acids is 1. The average Bonchev–Trinajstić information content (AvgIpc) is 2.86. The van der Waals surface area contributed by atoms with Crippen molar-refractivity contribution in [3.63, 3.8) is 0 Å². The van der Waals surface area contributed by atoms with Gasteiger partial charge in [-0.1, -0.05) is 36.0 Å². The summed E-state index contributed by atoms with van der Waals surface area (Å²) in [4.78, 5) is 12.0. The Balaban J connectivity index is 2.16. The van der Waals surface area contributed by atoms with Crippen molar-refractivity contribution in [3.05, 3.63) is 29.8 Å². The number of hydrogen-bond acceptors (Lipinski definition) is 4. The highest BCUT2D eigenvalue weighted by Gasteiger charge is 2.17. The average molecular weight is 332 g/mol. The van der Waals surface area contributed by atoms with Gasteiger partial charge in [-0.15, -0.1) is 10.2 Å². The Morgan fingerprint density at radius 2 is 1.96 bits per heavy atom. The fourth-order valence-corrected chi connectivity index (χ4v) is 3.09. The third-order valence-electron chi connectivity index (χ3n) is 3.27. The van der Waals surface area contributed by atoms with Crippen molar-refractivity contribution < 1.29 is 4.79 Å². The lowest BCUT2D eigenvalue weighted by atomic mass is 10.1. The van der Waals surface area contributed by atoms with Gasteiger partial charge in [-0.3, -0.25) is 4.79 Å². The lowest BCUT2D eigenvalue weighted by Crippen LogP contribution is -2.41. The first-order valence-electron chi connectivity index (χ1n) is 7.75. The summed E-state index contributed by atoms with van der Waals surface area (Å²) in [7, 11) is 0. The highest BCUT2D eigenvalue weighted by Crippen LogP contribution is 2.26.